The molecule has 1 aliphatic rings. The number of hydrogen-bond donors (Lipinski definition) is 1. The molecule has 30 heavy (non-hydrogen) atoms. The van der Waals surface area contributed by atoms with Gasteiger partial charge < -0.3 is 9.84 Å². The molecule has 0 spiro atoms. The summed E-state index contributed by atoms with van der Waals surface area (Å²) in [5, 5.41) is 12.0. The Labute approximate surface area is 194 Å². The van der Waals surface area contributed by atoms with Gasteiger partial charge in [0.15, 0.2) is 5.78 Å². The van der Waals surface area contributed by atoms with E-state index in [4.69, 9.17) is 39.5 Å². The topological polar surface area (TPSA) is 63.6 Å². The van der Waals surface area contributed by atoms with Crippen molar-refractivity contribution in [1.82, 2.24) is 0 Å². The van der Waals surface area contributed by atoms with E-state index in [0.717, 1.165) is 11.8 Å². The maximum Gasteiger partial charge on any atom is 0.310 e. The summed E-state index contributed by atoms with van der Waals surface area (Å²) in [4.78, 5) is 25.4. The van der Waals surface area contributed by atoms with Gasteiger partial charge in [-0.25, -0.2) is 0 Å². The first-order chi connectivity index (χ1) is 14.3. The van der Waals surface area contributed by atoms with E-state index in [0.29, 0.717) is 37.7 Å². The quantitative estimate of drug-likeness (QED) is 0.458. The molecule has 1 atom stereocenters. The number of carbonyl (C=O) groups excluding carboxylic acids is 2. The smallest absolute Gasteiger partial charge is 0.310 e. The zero-order valence-corrected chi connectivity index (χ0v) is 19.2. The third kappa shape index (κ3) is 5.33. The lowest BCUT2D eigenvalue weighted by atomic mass is 9.86. The van der Waals surface area contributed by atoms with Gasteiger partial charge in [0.2, 0.25) is 0 Å². The van der Waals surface area contributed by atoms with Crippen LogP contribution in [0.15, 0.2) is 52.0 Å². The highest BCUT2D eigenvalue weighted by Crippen LogP contribution is 2.45. The molecule has 0 fully saturated rings. The van der Waals surface area contributed by atoms with Crippen LogP contribution in [0.4, 0.5) is 0 Å². The number of aliphatic hydroxyl groups excluding tert-OH is 1. The summed E-state index contributed by atoms with van der Waals surface area (Å²) in [5.41, 5.74) is 1.38. The van der Waals surface area contributed by atoms with E-state index < -0.39 is 0 Å². The predicted octanol–water partition coefficient (Wildman–Crippen LogP) is 6.76. The maximum absolute atomic E-state index is 12.8. The van der Waals surface area contributed by atoms with Crippen molar-refractivity contribution in [3.05, 3.63) is 73.3 Å². The molecular formula is C22H19Cl3O4S. The Hall–Kier alpha value is -1.66. The third-order valence-corrected chi connectivity index (χ3v) is 6.98. The second-order valence-electron chi connectivity index (χ2n) is 6.79. The molecular weight excluding hydrogens is 467 g/mol. The molecule has 0 aromatic heterocycles. The van der Waals surface area contributed by atoms with Gasteiger partial charge in [-0.2, -0.15) is 0 Å². The summed E-state index contributed by atoms with van der Waals surface area (Å²) >= 11 is 19.9. The maximum atomic E-state index is 12.8. The monoisotopic (exact) mass is 484 g/mol. The van der Waals surface area contributed by atoms with E-state index in [1.165, 1.54) is 0 Å². The number of allylic oxidation sites excluding steroid dienone is 2. The summed E-state index contributed by atoms with van der Waals surface area (Å²) in [6.45, 7) is 2.05. The van der Waals surface area contributed by atoms with Crippen LogP contribution in [-0.4, -0.2) is 23.5 Å². The van der Waals surface area contributed by atoms with Crippen LogP contribution in [0.2, 0.25) is 15.1 Å². The zero-order chi connectivity index (χ0) is 21.8. The Morgan fingerprint density at radius 3 is 2.47 bits per heavy atom. The first kappa shape index (κ1) is 23.0. The lowest BCUT2D eigenvalue weighted by Crippen LogP contribution is -2.17. The predicted molar refractivity (Wildman–Crippen MR) is 121 cm³/mol. The summed E-state index contributed by atoms with van der Waals surface area (Å²) in [7, 11) is 0. The Morgan fingerprint density at radius 2 is 1.83 bits per heavy atom. The van der Waals surface area contributed by atoms with Crippen molar-refractivity contribution >= 4 is 58.3 Å². The number of thioether (sulfide) groups is 1. The molecule has 3 rings (SSSR count). The first-order valence-corrected chi connectivity index (χ1v) is 11.3. The van der Waals surface area contributed by atoms with Gasteiger partial charge in [0.1, 0.15) is 5.76 Å². The number of rotatable bonds is 6. The molecule has 1 aliphatic carbocycles. The fourth-order valence-electron chi connectivity index (χ4n) is 3.32. The molecule has 2 aromatic rings. The minimum absolute atomic E-state index is 0.0240. The van der Waals surface area contributed by atoms with Gasteiger partial charge in [-0.05, 0) is 42.3 Å². The minimum atomic E-state index is -0.342. The second kappa shape index (κ2) is 10.1. The van der Waals surface area contributed by atoms with Gasteiger partial charge >= 0.3 is 5.97 Å². The van der Waals surface area contributed by atoms with Crippen molar-refractivity contribution in [3.8, 4) is 0 Å². The highest BCUT2D eigenvalue weighted by Gasteiger charge is 2.32. The van der Waals surface area contributed by atoms with E-state index >= 15 is 0 Å². The Kier molecular flexibility index (Phi) is 7.75. The Bertz CT molecular complexity index is 999. The summed E-state index contributed by atoms with van der Waals surface area (Å²) < 4.78 is 4.97. The average Bonchev–Trinajstić information content (AvgIpc) is 2.67. The SMILES string of the molecule is CCOC(=O)Cc1ccc(Cl)c(SC2=C(O)CC(c3c(Cl)cccc3Cl)CC2=O)c1. The summed E-state index contributed by atoms with van der Waals surface area (Å²) in [5.74, 6) is -0.875. The number of aliphatic hydroxyl groups is 1. The minimum Gasteiger partial charge on any atom is -0.511 e. The first-order valence-electron chi connectivity index (χ1n) is 9.31. The van der Waals surface area contributed by atoms with Crippen LogP contribution in [-0.2, 0) is 20.7 Å². The van der Waals surface area contributed by atoms with Crippen LogP contribution in [0, 0.1) is 0 Å². The van der Waals surface area contributed by atoms with Crippen molar-refractivity contribution in [3.63, 3.8) is 0 Å². The van der Waals surface area contributed by atoms with E-state index in [-0.39, 0.29) is 47.6 Å². The molecule has 0 radical (unpaired) electrons. The number of ketones is 1. The van der Waals surface area contributed by atoms with Crippen LogP contribution < -0.4 is 0 Å². The molecule has 0 amide bonds. The lowest BCUT2D eigenvalue weighted by molar-refractivity contribution is -0.142. The van der Waals surface area contributed by atoms with Gasteiger partial charge in [-0.3, -0.25) is 9.59 Å². The van der Waals surface area contributed by atoms with Gasteiger partial charge in [0.05, 0.1) is 23.0 Å². The number of carbonyl (C=O) groups is 2. The largest absolute Gasteiger partial charge is 0.511 e. The molecule has 0 aliphatic heterocycles. The molecule has 2 aromatic carbocycles. The van der Waals surface area contributed by atoms with Crippen molar-refractivity contribution < 1.29 is 19.4 Å². The number of halogens is 3. The molecule has 4 nitrogen and oxygen atoms in total. The van der Waals surface area contributed by atoms with Crippen LogP contribution >= 0.6 is 46.6 Å². The molecule has 0 saturated heterocycles. The number of hydrogen-bond acceptors (Lipinski definition) is 5. The molecule has 1 unspecified atom stereocenters. The molecule has 1 N–H and O–H groups in total. The van der Waals surface area contributed by atoms with E-state index in [1.54, 1.807) is 43.3 Å². The van der Waals surface area contributed by atoms with Crippen LogP contribution in [0.1, 0.15) is 36.8 Å². The fourth-order valence-corrected chi connectivity index (χ4v) is 5.25. The van der Waals surface area contributed by atoms with Crippen molar-refractivity contribution in [2.45, 2.75) is 37.0 Å². The normalized spacial score (nSPS) is 16.7. The van der Waals surface area contributed by atoms with Gasteiger partial charge in [-0.1, -0.05) is 58.7 Å². The summed E-state index contributed by atoms with van der Waals surface area (Å²) in [6.07, 6.45) is 0.526. The van der Waals surface area contributed by atoms with E-state index in [1.807, 2.05) is 0 Å². The van der Waals surface area contributed by atoms with Crippen molar-refractivity contribution in [2.24, 2.45) is 0 Å². The highest BCUT2D eigenvalue weighted by molar-refractivity contribution is 8.04. The molecule has 0 heterocycles. The highest BCUT2D eigenvalue weighted by atomic mass is 35.5. The van der Waals surface area contributed by atoms with Crippen LogP contribution in [0.3, 0.4) is 0 Å². The van der Waals surface area contributed by atoms with Crippen LogP contribution in [0.25, 0.3) is 0 Å². The van der Waals surface area contributed by atoms with Crippen LogP contribution in [0.5, 0.6) is 0 Å². The van der Waals surface area contributed by atoms with Gasteiger partial charge in [0, 0.05) is 33.7 Å². The number of esters is 1. The molecule has 0 bridgehead atoms. The molecule has 158 valence electrons. The lowest BCUT2D eigenvalue weighted by Gasteiger charge is -2.25. The average molecular weight is 486 g/mol. The molecule has 8 heteroatoms. The van der Waals surface area contributed by atoms with Crippen molar-refractivity contribution in [2.75, 3.05) is 6.61 Å². The third-order valence-electron chi connectivity index (χ3n) is 4.66. The van der Waals surface area contributed by atoms with E-state index in [9.17, 15) is 14.7 Å². The summed E-state index contributed by atoms with van der Waals surface area (Å²) in [6, 6.07) is 10.3. The van der Waals surface area contributed by atoms with E-state index in [2.05, 4.69) is 0 Å². The number of benzene rings is 2. The van der Waals surface area contributed by atoms with Gasteiger partial charge in [-0.15, -0.1) is 0 Å². The second-order valence-corrected chi connectivity index (χ2v) is 9.06. The molecule has 0 saturated carbocycles. The standard InChI is InChI=1S/C22H19Cl3O4S/c1-2-29-20(28)9-12-6-7-14(23)19(8-12)30-22-17(26)10-13(11-18(22)27)21-15(24)4-3-5-16(21)25/h3-8,13,26H,2,9-11H2,1H3. The number of ether oxygens (including phenoxy) is 1. The van der Waals surface area contributed by atoms with Crippen molar-refractivity contribution in [1.29, 1.82) is 0 Å². The Balaban J connectivity index is 1.83. The zero-order valence-electron chi connectivity index (χ0n) is 16.1. The Morgan fingerprint density at radius 1 is 1.13 bits per heavy atom. The van der Waals surface area contributed by atoms with Gasteiger partial charge in [0.25, 0.3) is 0 Å². The fraction of sp³-hybridized carbons (Fsp3) is 0.273. The number of Topliss-reactive ketones (excluding diaryl/α,β-unsaturated/α-hetero) is 1.